The van der Waals surface area contributed by atoms with Gasteiger partial charge in [0.05, 0.1) is 18.6 Å². The third-order valence-electron chi connectivity index (χ3n) is 2.32. The van der Waals surface area contributed by atoms with Crippen LogP contribution in [0.15, 0.2) is 24.9 Å². The highest BCUT2D eigenvalue weighted by Crippen LogP contribution is 2.04. The van der Waals surface area contributed by atoms with Gasteiger partial charge in [-0.05, 0) is 6.92 Å². The van der Waals surface area contributed by atoms with Gasteiger partial charge in [-0.3, -0.25) is 4.79 Å². The number of hydrogen-bond acceptors (Lipinski definition) is 3. The molecule has 5 heteroatoms. The van der Waals surface area contributed by atoms with Crippen LogP contribution < -0.4 is 0 Å². The first-order chi connectivity index (χ1) is 7.35. The first-order valence-corrected chi connectivity index (χ1v) is 4.80. The van der Waals surface area contributed by atoms with Crippen LogP contribution in [0, 0.1) is 0 Å². The summed E-state index contributed by atoms with van der Waals surface area (Å²) in [7, 11) is 0. The average Bonchev–Trinajstić information content (AvgIpc) is 2.87. The molecule has 2 aromatic heterocycles. The molecule has 0 fully saturated rings. The van der Waals surface area contributed by atoms with Crippen molar-refractivity contribution in [1.82, 2.24) is 19.1 Å². The Bertz CT molecular complexity index is 457. The molecule has 5 nitrogen and oxygen atoms in total. The second kappa shape index (κ2) is 4.08. The molecule has 0 radical (unpaired) electrons. The van der Waals surface area contributed by atoms with Crippen LogP contribution in [0.3, 0.4) is 0 Å². The molecule has 2 heterocycles. The second-order valence-corrected chi connectivity index (χ2v) is 3.20. The zero-order valence-corrected chi connectivity index (χ0v) is 8.50. The topological polar surface area (TPSA) is 52.7 Å². The van der Waals surface area contributed by atoms with E-state index in [0.29, 0.717) is 12.4 Å². The predicted molar refractivity (Wildman–Crippen MR) is 54.6 cm³/mol. The summed E-state index contributed by atoms with van der Waals surface area (Å²) < 4.78 is 3.84. The van der Waals surface area contributed by atoms with E-state index in [2.05, 4.69) is 16.9 Å². The molecule has 0 aliphatic carbocycles. The van der Waals surface area contributed by atoms with Crippen molar-refractivity contribution in [3.05, 3.63) is 36.4 Å². The van der Waals surface area contributed by atoms with Gasteiger partial charge >= 0.3 is 0 Å². The molecule has 15 heavy (non-hydrogen) atoms. The number of nitrogens with zero attached hydrogens (tertiary/aromatic N) is 4. The van der Waals surface area contributed by atoms with Crippen molar-refractivity contribution in [2.75, 3.05) is 0 Å². The largest absolute Gasteiger partial charge is 0.333 e. The number of rotatable bonds is 4. The van der Waals surface area contributed by atoms with Crippen molar-refractivity contribution in [3.8, 4) is 0 Å². The number of aldehydes is 1. The summed E-state index contributed by atoms with van der Waals surface area (Å²) in [6.07, 6.45) is 7.75. The van der Waals surface area contributed by atoms with Crippen LogP contribution in [-0.2, 0) is 13.1 Å². The summed E-state index contributed by atoms with van der Waals surface area (Å²) in [6.45, 7) is 3.56. The van der Waals surface area contributed by atoms with Gasteiger partial charge in [0.25, 0.3) is 0 Å². The number of imidazole rings is 2. The van der Waals surface area contributed by atoms with Crippen molar-refractivity contribution in [2.24, 2.45) is 0 Å². The molecule has 0 saturated heterocycles. The fourth-order valence-corrected chi connectivity index (χ4v) is 1.51. The fraction of sp³-hybridized carbons (Fsp3) is 0.300. The zero-order chi connectivity index (χ0) is 10.7. The summed E-state index contributed by atoms with van der Waals surface area (Å²) in [5, 5.41) is 0. The summed E-state index contributed by atoms with van der Waals surface area (Å²) in [6, 6.07) is 0. The molecule has 0 spiro atoms. The van der Waals surface area contributed by atoms with Crippen LogP contribution in [0.5, 0.6) is 0 Å². The van der Waals surface area contributed by atoms with E-state index in [4.69, 9.17) is 0 Å². The van der Waals surface area contributed by atoms with Gasteiger partial charge in [0.2, 0.25) is 0 Å². The van der Waals surface area contributed by atoms with Gasteiger partial charge < -0.3 is 9.13 Å². The maximum Gasteiger partial charge on any atom is 0.185 e. The van der Waals surface area contributed by atoms with Crippen LogP contribution >= 0.6 is 0 Å². The van der Waals surface area contributed by atoms with E-state index in [1.165, 1.54) is 0 Å². The summed E-state index contributed by atoms with van der Waals surface area (Å²) in [4.78, 5) is 18.7. The van der Waals surface area contributed by atoms with Crippen molar-refractivity contribution in [1.29, 1.82) is 0 Å². The summed E-state index contributed by atoms with van der Waals surface area (Å²) in [5.41, 5.74) is 1.07. The normalized spacial score (nSPS) is 10.5. The third kappa shape index (κ3) is 1.81. The number of carbonyl (C=O) groups excluding carboxylic acids is 1. The average molecular weight is 204 g/mol. The van der Waals surface area contributed by atoms with E-state index < -0.39 is 0 Å². The molecular formula is C10H12N4O. The summed E-state index contributed by atoms with van der Waals surface area (Å²) in [5.74, 6) is 0.443. The molecular weight excluding hydrogens is 192 g/mol. The molecule has 0 bridgehead atoms. The number of hydrogen-bond donors (Lipinski definition) is 0. The Hall–Kier alpha value is -1.91. The van der Waals surface area contributed by atoms with Crippen LogP contribution in [0.2, 0.25) is 0 Å². The van der Waals surface area contributed by atoms with Crippen LogP contribution in [-0.4, -0.2) is 25.4 Å². The van der Waals surface area contributed by atoms with E-state index in [-0.39, 0.29) is 0 Å². The van der Waals surface area contributed by atoms with Crippen LogP contribution in [0.1, 0.15) is 23.2 Å². The number of aromatic nitrogens is 4. The van der Waals surface area contributed by atoms with E-state index in [0.717, 1.165) is 18.5 Å². The van der Waals surface area contributed by atoms with Crippen molar-refractivity contribution >= 4 is 6.29 Å². The molecule has 0 saturated carbocycles. The molecule has 0 amide bonds. The third-order valence-corrected chi connectivity index (χ3v) is 2.32. The van der Waals surface area contributed by atoms with E-state index in [1.807, 2.05) is 4.57 Å². The van der Waals surface area contributed by atoms with Crippen molar-refractivity contribution in [3.63, 3.8) is 0 Å². The maximum atomic E-state index is 10.7. The maximum absolute atomic E-state index is 10.7. The minimum Gasteiger partial charge on any atom is -0.333 e. The Morgan fingerprint density at radius 3 is 3.07 bits per heavy atom. The highest BCUT2D eigenvalue weighted by atomic mass is 16.1. The molecule has 0 aromatic carbocycles. The Kier molecular flexibility index (Phi) is 2.62. The van der Waals surface area contributed by atoms with Gasteiger partial charge in [-0.2, -0.15) is 0 Å². The summed E-state index contributed by atoms with van der Waals surface area (Å²) >= 11 is 0. The Balaban J connectivity index is 2.25. The Morgan fingerprint density at radius 1 is 1.47 bits per heavy atom. The van der Waals surface area contributed by atoms with E-state index >= 15 is 0 Å². The standard InChI is InChI=1S/C10H12N4O/c1-2-13-8-11-5-9(13)6-14-4-3-12-10(14)7-15/h3-5,7-8H,2,6H2,1H3. The minimum absolute atomic E-state index is 0.443. The first-order valence-electron chi connectivity index (χ1n) is 4.80. The monoisotopic (exact) mass is 204 g/mol. The lowest BCUT2D eigenvalue weighted by Crippen LogP contribution is -2.08. The molecule has 0 aliphatic rings. The van der Waals surface area contributed by atoms with E-state index in [9.17, 15) is 4.79 Å². The van der Waals surface area contributed by atoms with Gasteiger partial charge in [-0.15, -0.1) is 0 Å². The van der Waals surface area contributed by atoms with Gasteiger partial charge in [-0.25, -0.2) is 9.97 Å². The van der Waals surface area contributed by atoms with Gasteiger partial charge in [0.1, 0.15) is 0 Å². The number of carbonyl (C=O) groups is 1. The minimum atomic E-state index is 0.443. The fourth-order valence-electron chi connectivity index (χ4n) is 1.51. The van der Waals surface area contributed by atoms with Crippen LogP contribution in [0.4, 0.5) is 0 Å². The molecule has 0 unspecified atom stereocenters. The molecule has 0 aliphatic heterocycles. The highest BCUT2D eigenvalue weighted by molar-refractivity contribution is 5.69. The van der Waals surface area contributed by atoms with Gasteiger partial charge in [-0.1, -0.05) is 0 Å². The zero-order valence-electron chi connectivity index (χ0n) is 8.50. The quantitative estimate of drug-likeness (QED) is 0.697. The second-order valence-electron chi connectivity index (χ2n) is 3.20. The molecule has 0 atom stereocenters. The Labute approximate surface area is 87.4 Å². The smallest absolute Gasteiger partial charge is 0.185 e. The first kappa shape index (κ1) is 9.64. The van der Waals surface area contributed by atoms with E-state index in [1.54, 1.807) is 29.5 Å². The number of aryl methyl sites for hydroxylation is 1. The lowest BCUT2D eigenvalue weighted by atomic mass is 10.4. The van der Waals surface area contributed by atoms with Gasteiger partial charge in [0, 0.05) is 25.1 Å². The SMILES string of the molecule is CCn1cncc1Cn1ccnc1C=O. The molecule has 78 valence electrons. The highest BCUT2D eigenvalue weighted by Gasteiger charge is 2.05. The van der Waals surface area contributed by atoms with Crippen LogP contribution in [0.25, 0.3) is 0 Å². The molecule has 2 rings (SSSR count). The predicted octanol–water partition coefficient (Wildman–Crippen LogP) is 0.960. The lowest BCUT2D eigenvalue weighted by Gasteiger charge is -2.06. The van der Waals surface area contributed by atoms with Gasteiger partial charge in [0.15, 0.2) is 12.1 Å². The van der Waals surface area contributed by atoms with Crippen molar-refractivity contribution in [2.45, 2.75) is 20.0 Å². The molecule has 0 N–H and O–H groups in total. The lowest BCUT2D eigenvalue weighted by molar-refractivity contribution is 0.111. The molecule has 2 aromatic rings. The van der Waals surface area contributed by atoms with Crippen molar-refractivity contribution < 1.29 is 4.79 Å². The Morgan fingerprint density at radius 2 is 2.33 bits per heavy atom.